The van der Waals surface area contributed by atoms with Gasteiger partial charge >= 0.3 is 0 Å². The van der Waals surface area contributed by atoms with E-state index in [1.807, 2.05) is 42.7 Å². The molecule has 2 aromatic heterocycles. The predicted molar refractivity (Wildman–Crippen MR) is 104 cm³/mol. The van der Waals surface area contributed by atoms with Crippen LogP contribution in [-0.4, -0.2) is 9.97 Å². The first kappa shape index (κ1) is 16.3. The predicted octanol–water partition coefficient (Wildman–Crippen LogP) is 5.41. The van der Waals surface area contributed by atoms with Gasteiger partial charge in [0.25, 0.3) is 0 Å². The summed E-state index contributed by atoms with van der Waals surface area (Å²) < 4.78 is 5.97. The molecule has 3 nitrogen and oxygen atoms in total. The fourth-order valence-corrected chi connectivity index (χ4v) is 3.35. The minimum Gasteiger partial charge on any atom is -0.489 e. The van der Waals surface area contributed by atoms with Gasteiger partial charge in [0.1, 0.15) is 12.4 Å². The zero-order valence-corrected chi connectivity index (χ0v) is 14.8. The van der Waals surface area contributed by atoms with Gasteiger partial charge in [-0.3, -0.25) is 0 Å². The van der Waals surface area contributed by atoms with E-state index < -0.39 is 0 Å². The van der Waals surface area contributed by atoms with Crippen molar-refractivity contribution in [3.05, 3.63) is 113 Å². The van der Waals surface area contributed by atoms with E-state index in [9.17, 15) is 0 Å². The maximum absolute atomic E-state index is 5.97. The first-order valence-corrected chi connectivity index (χ1v) is 8.85. The van der Waals surface area contributed by atoms with Gasteiger partial charge in [-0.25, -0.2) is 0 Å². The summed E-state index contributed by atoms with van der Waals surface area (Å²) in [4.78, 5) is 6.72. The smallest absolute Gasteiger partial charge is 0.120 e. The summed E-state index contributed by atoms with van der Waals surface area (Å²) in [6.07, 6.45) is 3.94. The van der Waals surface area contributed by atoms with Crippen LogP contribution in [0, 0.1) is 6.92 Å². The Morgan fingerprint density at radius 1 is 0.808 bits per heavy atom. The third-order valence-electron chi connectivity index (χ3n) is 4.67. The van der Waals surface area contributed by atoms with Crippen LogP contribution in [0.2, 0.25) is 0 Å². The molecule has 2 aromatic carbocycles. The summed E-state index contributed by atoms with van der Waals surface area (Å²) in [5, 5.41) is 0. The van der Waals surface area contributed by atoms with Crippen molar-refractivity contribution in [3.63, 3.8) is 0 Å². The number of hydrogen-bond donors (Lipinski definition) is 2. The van der Waals surface area contributed by atoms with Gasteiger partial charge in [-0.2, -0.15) is 0 Å². The largest absolute Gasteiger partial charge is 0.489 e. The molecule has 0 aliphatic rings. The van der Waals surface area contributed by atoms with Crippen molar-refractivity contribution in [1.29, 1.82) is 0 Å². The Morgan fingerprint density at radius 3 is 2.08 bits per heavy atom. The highest BCUT2D eigenvalue weighted by Gasteiger charge is 2.20. The number of rotatable bonds is 6. The molecule has 0 radical (unpaired) electrons. The van der Waals surface area contributed by atoms with Crippen LogP contribution in [0.5, 0.6) is 5.75 Å². The summed E-state index contributed by atoms with van der Waals surface area (Å²) >= 11 is 0. The Labute approximate surface area is 153 Å². The van der Waals surface area contributed by atoms with Gasteiger partial charge in [0, 0.05) is 23.8 Å². The molecular weight excluding hydrogens is 320 g/mol. The van der Waals surface area contributed by atoms with E-state index in [2.05, 4.69) is 59.4 Å². The number of benzene rings is 2. The Balaban J connectivity index is 1.60. The standard InChI is InChI=1S/C23H22N2O/c1-17-15-19(26-16-18-7-3-2-4-8-18)11-12-20(17)23(21-9-5-13-24-21)22-10-6-14-25-22/h2-15,23-25H,16H2,1H3. The lowest BCUT2D eigenvalue weighted by Crippen LogP contribution is -2.06. The van der Waals surface area contributed by atoms with E-state index >= 15 is 0 Å². The average Bonchev–Trinajstić information content (AvgIpc) is 3.37. The monoisotopic (exact) mass is 342 g/mol. The summed E-state index contributed by atoms with van der Waals surface area (Å²) in [5.41, 5.74) is 6.00. The molecular formula is C23H22N2O. The molecule has 4 aromatic rings. The van der Waals surface area contributed by atoms with Crippen LogP contribution in [0.15, 0.2) is 85.2 Å². The second kappa shape index (κ2) is 7.36. The van der Waals surface area contributed by atoms with Crippen LogP contribution in [0.3, 0.4) is 0 Å². The molecule has 0 amide bonds. The molecule has 0 aliphatic heterocycles. The Bertz CT molecular complexity index is 907. The van der Waals surface area contributed by atoms with Crippen molar-refractivity contribution in [1.82, 2.24) is 9.97 Å². The van der Waals surface area contributed by atoms with E-state index in [-0.39, 0.29) is 5.92 Å². The van der Waals surface area contributed by atoms with Crippen molar-refractivity contribution >= 4 is 0 Å². The van der Waals surface area contributed by atoms with Gasteiger partial charge in [0.05, 0.1) is 5.92 Å². The molecule has 0 fully saturated rings. The molecule has 0 atom stereocenters. The van der Waals surface area contributed by atoms with Gasteiger partial charge in [-0.05, 0) is 60.0 Å². The quantitative estimate of drug-likeness (QED) is 0.483. The summed E-state index contributed by atoms with van der Waals surface area (Å²) in [6.45, 7) is 2.72. The molecule has 4 rings (SSSR count). The van der Waals surface area contributed by atoms with Crippen molar-refractivity contribution in [2.45, 2.75) is 19.4 Å². The van der Waals surface area contributed by atoms with Gasteiger partial charge in [0.2, 0.25) is 0 Å². The molecule has 2 N–H and O–H groups in total. The second-order valence-corrected chi connectivity index (χ2v) is 6.48. The molecule has 0 saturated heterocycles. The Kier molecular flexibility index (Phi) is 4.61. The highest BCUT2D eigenvalue weighted by Crippen LogP contribution is 2.33. The number of ether oxygens (including phenoxy) is 1. The van der Waals surface area contributed by atoms with Crippen molar-refractivity contribution in [2.24, 2.45) is 0 Å². The molecule has 0 spiro atoms. The first-order valence-electron chi connectivity index (χ1n) is 8.85. The van der Waals surface area contributed by atoms with E-state index in [4.69, 9.17) is 4.74 Å². The Hall–Kier alpha value is -3.20. The van der Waals surface area contributed by atoms with Crippen LogP contribution >= 0.6 is 0 Å². The minimum atomic E-state index is 0.156. The minimum absolute atomic E-state index is 0.156. The topological polar surface area (TPSA) is 40.8 Å². The summed E-state index contributed by atoms with van der Waals surface area (Å²) in [7, 11) is 0. The zero-order valence-electron chi connectivity index (χ0n) is 14.8. The second-order valence-electron chi connectivity index (χ2n) is 6.48. The number of hydrogen-bond acceptors (Lipinski definition) is 1. The molecule has 0 bridgehead atoms. The first-order chi connectivity index (χ1) is 12.8. The number of H-pyrrole nitrogens is 2. The maximum atomic E-state index is 5.97. The maximum Gasteiger partial charge on any atom is 0.120 e. The Morgan fingerprint density at radius 2 is 1.50 bits per heavy atom. The van der Waals surface area contributed by atoms with Gasteiger partial charge in [-0.15, -0.1) is 0 Å². The third kappa shape index (κ3) is 3.42. The highest BCUT2D eigenvalue weighted by molar-refractivity contribution is 5.45. The lowest BCUT2D eigenvalue weighted by molar-refractivity contribution is 0.306. The SMILES string of the molecule is Cc1cc(OCc2ccccc2)ccc1C(c1ccc[nH]1)c1ccc[nH]1. The van der Waals surface area contributed by atoms with Crippen LogP contribution in [-0.2, 0) is 6.61 Å². The average molecular weight is 342 g/mol. The van der Waals surface area contributed by atoms with E-state index in [1.165, 1.54) is 28.1 Å². The van der Waals surface area contributed by atoms with Crippen molar-refractivity contribution < 1.29 is 4.74 Å². The fourth-order valence-electron chi connectivity index (χ4n) is 3.35. The van der Waals surface area contributed by atoms with E-state index in [0.29, 0.717) is 6.61 Å². The molecule has 26 heavy (non-hydrogen) atoms. The number of aromatic nitrogens is 2. The number of aromatic amines is 2. The molecule has 3 heteroatoms. The van der Waals surface area contributed by atoms with Gasteiger partial charge < -0.3 is 14.7 Å². The molecule has 130 valence electrons. The number of nitrogens with one attached hydrogen (secondary N) is 2. The highest BCUT2D eigenvalue weighted by atomic mass is 16.5. The van der Waals surface area contributed by atoms with Crippen molar-refractivity contribution in [2.75, 3.05) is 0 Å². The number of aryl methyl sites for hydroxylation is 1. The lowest BCUT2D eigenvalue weighted by atomic mass is 9.89. The molecule has 0 saturated carbocycles. The zero-order chi connectivity index (χ0) is 17.8. The lowest BCUT2D eigenvalue weighted by Gasteiger charge is -2.19. The van der Waals surface area contributed by atoms with Crippen LogP contribution in [0.25, 0.3) is 0 Å². The summed E-state index contributed by atoms with van der Waals surface area (Å²) in [6, 6.07) is 24.9. The van der Waals surface area contributed by atoms with Gasteiger partial charge in [-0.1, -0.05) is 36.4 Å². The van der Waals surface area contributed by atoms with Crippen molar-refractivity contribution in [3.8, 4) is 5.75 Å². The molecule has 0 unspecified atom stereocenters. The van der Waals surface area contributed by atoms with Crippen LogP contribution in [0.1, 0.15) is 34.0 Å². The third-order valence-corrected chi connectivity index (χ3v) is 4.67. The molecule has 2 heterocycles. The van der Waals surface area contributed by atoms with Crippen LogP contribution in [0.4, 0.5) is 0 Å². The molecule has 0 aliphatic carbocycles. The normalized spacial score (nSPS) is 11.0. The van der Waals surface area contributed by atoms with Gasteiger partial charge in [0.15, 0.2) is 0 Å². The van der Waals surface area contributed by atoms with Crippen LogP contribution < -0.4 is 4.74 Å². The fraction of sp³-hybridized carbons (Fsp3) is 0.130. The van der Waals surface area contributed by atoms with E-state index in [0.717, 1.165) is 5.75 Å². The summed E-state index contributed by atoms with van der Waals surface area (Å²) in [5.74, 6) is 1.05. The van der Waals surface area contributed by atoms with E-state index in [1.54, 1.807) is 0 Å².